The standard InChI is InChI=1S/C26H19N3O6S/c30-11-3-10-27-25(33)14-9-8-13(12-17(14)26(34)35)24(32)28-18-6-1-4-15-20(18)23(31)16-5-2-7-19-21(16)22(15)29-36-19/h1-2,4-9,12,30H,3,10-11H2,(H,27,33)(H,28,32)(H,34,35). The second-order valence-electron chi connectivity index (χ2n) is 8.12. The molecule has 1 aliphatic rings. The lowest BCUT2D eigenvalue weighted by Crippen LogP contribution is -2.27. The monoisotopic (exact) mass is 501 g/mol. The topological polar surface area (TPSA) is 146 Å². The number of carbonyl (C=O) groups is 4. The van der Waals surface area contributed by atoms with Crippen LogP contribution in [0.15, 0.2) is 54.6 Å². The van der Waals surface area contributed by atoms with Crippen molar-refractivity contribution >= 4 is 50.9 Å². The van der Waals surface area contributed by atoms with Gasteiger partial charge in [-0.1, -0.05) is 24.3 Å². The Morgan fingerprint density at radius 2 is 1.72 bits per heavy atom. The molecule has 0 saturated carbocycles. The van der Waals surface area contributed by atoms with Gasteiger partial charge in [-0.25, -0.2) is 4.79 Å². The summed E-state index contributed by atoms with van der Waals surface area (Å²) in [5.74, 6) is -2.86. The fourth-order valence-corrected chi connectivity index (χ4v) is 5.05. The van der Waals surface area contributed by atoms with Crippen LogP contribution in [-0.2, 0) is 0 Å². The van der Waals surface area contributed by atoms with Gasteiger partial charge in [-0.05, 0) is 48.3 Å². The predicted molar refractivity (Wildman–Crippen MR) is 134 cm³/mol. The molecule has 1 aromatic heterocycles. The zero-order valence-electron chi connectivity index (χ0n) is 18.7. The van der Waals surface area contributed by atoms with E-state index in [9.17, 15) is 24.3 Å². The first kappa shape index (κ1) is 23.3. The molecule has 4 N–H and O–H groups in total. The minimum absolute atomic E-state index is 0.0108. The summed E-state index contributed by atoms with van der Waals surface area (Å²) in [6, 6.07) is 14.2. The first-order chi connectivity index (χ1) is 17.4. The van der Waals surface area contributed by atoms with Crippen LogP contribution in [0.25, 0.3) is 21.3 Å². The highest BCUT2D eigenvalue weighted by Crippen LogP contribution is 2.42. The molecule has 5 rings (SSSR count). The molecule has 36 heavy (non-hydrogen) atoms. The van der Waals surface area contributed by atoms with Crippen LogP contribution in [0.3, 0.4) is 0 Å². The van der Waals surface area contributed by atoms with Crippen LogP contribution in [0.2, 0.25) is 0 Å². The zero-order chi connectivity index (χ0) is 25.4. The molecule has 0 spiro atoms. The van der Waals surface area contributed by atoms with E-state index >= 15 is 0 Å². The molecule has 0 saturated heterocycles. The lowest BCUT2D eigenvalue weighted by atomic mass is 9.86. The number of nitrogens with one attached hydrogen (secondary N) is 2. The van der Waals surface area contributed by atoms with E-state index in [0.29, 0.717) is 28.8 Å². The van der Waals surface area contributed by atoms with Crippen LogP contribution in [0.4, 0.5) is 5.69 Å². The fourth-order valence-electron chi connectivity index (χ4n) is 4.23. The Labute approximate surface area is 208 Å². The van der Waals surface area contributed by atoms with E-state index in [1.807, 2.05) is 6.07 Å². The number of aliphatic hydroxyl groups excluding tert-OH is 1. The van der Waals surface area contributed by atoms with Crippen molar-refractivity contribution in [1.82, 2.24) is 9.69 Å². The largest absolute Gasteiger partial charge is 0.478 e. The molecule has 0 atom stereocenters. The first-order valence-corrected chi connectivity index (χ1v) is 11.8. The summed E-state index contributed by atoms with van der Waals surface area (Å²) >= 11 is 1.30. The Bertz CT molecular complexity index is 1580. The van der Waals surface area contributed by atoms with Crippen molar-refractivity contribution in [3.63, 3.8) is 0 Å². The van der Waals surface area contributed by atoms with Crippen molar-refractivity contribution in [2.24, 2.45) is 0 Å². The number of rotatable bonds is 7. The molecule has 0 fully saturated rings. The Hall–Kier alpha value is -4.41. The molecule has 3 aromatic carbocycles. The third-order valence-corrected chi connectivity index (χ3v) is 6.73. The number of fused-ring (bicyclic) bond motifs is 2. The zero-order valence-corrected chi connectivity index (χ0v) is 19.5. The maximum absolute atomic E-state index is 13.4. The highest BCUT2D eigenvalue weighted by molar-refractivity contribution is 7.13. The van der Waals surface area contributed by atoms with Gasteiger partial charge in [0.2, 0.25) is 0 Å². The summed E-state index contributed by atoms with van der Waals surface area (Å²) in [6.07, 6.45) is 0.325. The average Bonchev–Trinajstić information content (AvgIpc) is 3.32. The van der Waals surface area contributed by atoms with Crippen LogP contribution in [-0.4, -0.2) is 51.3 Å². The van der Waals surface area contributed by atoms with Gasteiger partial charge in [0, 0.05) is 35.2 Å². The Balaban J connectivity index is 1.48. The maximum Gasteiger partial charge on any atom is 0.336 e. The van der Waals surface area contributed by atoms with Crippen molar-refractivity contribution in [3.8, 4) is 11.3 Å². The van der Waals surface area contributed by atoms with Crippen LogP contribution in [0.1, 0.15) is 53.4 Å². The van der Waals surface area contributed by atoms with Crippen molar-refractivity contribution in [3.05, 3.63) is 82.4 Å². The van der Waals surface area contributed by atoms with Crippen LogP contribution >= 0.6 is 11.5 Å². The van der Waals surface area contributed by atoms with Gasteiger partial charge in [0.1, 0.15) is 0 Å². The highest BCUT2D eigenvalue weighted by atomic mass is 32.1. The number of amides is 2. The third kappa shape index (κ3) is 3.92. The van der Waals surface area contributed by atoms with Crippen LogP contribution in [0.5, 0.6) is 0 Å². The Morgan fingerprint density at radius 1 is 0.944 bits per heavy atom. The van der Waals surface area contributed by atoms with Crippen LogP contribution < -0.4 is 10.6 Å². The van der Waals surface area contributed by atoms with Gasteiger partial charge in [-0.3, -0.25) is 14.4 Å². The Kier molecular flexibility index (Phi) is 6.05. The maximum atomic E-state index is 13.4. The summed E-state index contributed by atoms with van der Waals surface area (Å²) in [4.78, 5) is 50.7. The molecule has 0 aliphatic heterocycles. The molecule has 2 amide bonds. The summed E-state index contributed by atoms with van der Waals surface area (Å²) in [5.41, 5.74) is 1.97. The summed E-state index contributed by atoms with van der Waals surface area (Å²) < 4.78 is 5.42. The summed E-state index contributed by atoms with van der Waals surface area (Å²) in [7, 11) is 0. The highest BCUT2D eigenvalue weighted by Gasteiger charge is 2.30. The lowest BCUT2D eigenvalue weighted by Gasteiger charge is -2.19. The van der Waals surface area contributed by atoms with E-state index in [4.69, 9.17) is 5.11 Å². The van der Waals surface area contributed by atoms with E-state index in [1.165, 1.54) is 23.7 Å². The van der Waals surface area contributed by atoms with E-state index in [1.54, 1.807) is 30.3 Å². The average molecular weight is 502 g/mol. The third-order valence-electron chi connectivity index (χ3n) is 5.92. The number of aliphatic hydroxyl groups is 1. The van der Waals surface area contributed by atoms with Crippen LogP contribution in [0, 0.1) is 0 Å². The molecular formula is C26H19N3O6S. The van der Waals surface area contributed by atoms with Gasteiger partial charge in [-0.2, -0.15) is 4.37 Å². The first-order valence-electron chi connectivity index (χ1n) is 11.0. The molecule has 0 radical (unpaired) electrons. The van der Waals surface area contributed by atoms with E-state index in [0.717, 1.165) is 16.2 Å². The Morgan fingerprint density at radius 3 is 2.50 bits per heavy atom. The van der Waals surface area contributed by atoms with Gasteiger partial charge < -0.3 is 20.8 Å². The van der Waals surface area contributed by atoms with E-state index < -0.39 is 17.8 Å². The van der Waals surface area contributed by atoms with Gasteiger partial charge in [0.25, 0.3) is 11.8 Å². The number of hydrogen-bond donors (Lipinski definition) is 4. The van der Waals surface area contributed by atoms with Crippen molar-refractivity contribution < 1.29 is 29.4 Å². The predicted octanol–water partition coefficient (Wildman–Crippen LogP) is 3.57. The summed E-state index contributed by atoms with van der Waals surface area (Å²) in [6.45, 7) is 0.0635. The number of anilines is 1. The van der Waals surface area contributed by atoms with Gasteiger partial charge >= 0.3 is 5.97 Å². The molecular weight excluding hydrogens is 482 g/mol. The fraction of sp³-hybridized carbons (Fsp3) is 0.115. The quantitative estimate of drug-likeness (QED) is 0.249. The molecule has 0 bridgehead atoms. The molecule has 10 heteroatoms. The smallest absolute Gasteiger partial charge is 0.336 e. The minimum atomic E-state index is -1.37. The number of benzene rings is 3. The van der Waals surface area contributed by atoms with Gasteiger partial charge in [-0.15, -0.1) is 0 Å². The van der Waals surface area contributed by atoms with E-state index in [-0.39, 0.29) is 41.3 Å². The van der Waals surface area contributed by atoms with Gasteiger partial charge in [0.05, 0.1) is 32.8 Å². The molecule has 180 valence electrons. The lowest BCUT2D eigenvalue weighted by molar-refractivity contribution is 0.0690. The number of carboxylic acid groups (broad SMARTS) is 1. The number of aromatic carboxylic acids is 1. The van der Waals surface area contributed by atoms with Gasteiger partial charge in [0.15, 0.2) is 5.78 Å². The molecule has 0 unspecified atom stereocenters. The van der Waals surface area contributed by atoms with E-state index in [2.05, 4.69) is 15.0 Å². The molecule has 4 aromatic rings. The second-order valence-corrected chi connectivity index (χ2v) is 8.92. The molecule has 9 nitrogen and oxygen atoms in total. The van der Waals surface area contributed by atoms with Crippen molar-refractivity contribution in [2.45, 2.75) is 6.42 Å². The minimum Gasteiger partial charge on any atom is -0.478 e. The molecule has 1 aliphatic carbocycles. The SMILES string of the molecule is O=C(Nc1cccc2c1C(=O)c1cccc3snc-2c13)c1ccc(C(=O)NCCCO)c(C(=O)O)c1. The number of aromatic nitrogens is 1. The van der Waals surface area contributed by atoms with Crippen molar-refractivity contribution in [1.29, 1.82) is 0 Å². The second kappa shape index (κ2) is 9.33. The number of ketones is 1. The van der Waals surface area contributed by atoms with Crippen molar-refractivity contribution in [2.75, 3.05) is 18.5 Å². The molecule has 1 heterocycles. The summed E-state index contributed by atoms with van der Waals surface area (Å²) in [5, 5.41) is 24.5. The number of hydrogen-bond acceptors (Lipinski definition) is 7. The number of nitrogens with zero attached hydrogens (tertiary/aromatic N) is 1. The number of carbonyl (C=O) groups excluding carboxylic acids is 3. The normalized spacial score (nSPS) is 11.8. The number of carboxylic acids is 1.